The molecule has 1 atom stereocenters. The molecular weight excluding hydrogens is 418 g/mol. The number of likely N-dealkylation sites (tertiary alicyclic amines) is 1. The third-order valence-corrected chi connectivity index (χ3v) is 4.96. The molecule has 2 rings (SSSR count). The lowest BCUT2D eigenvalue weighted by atomic mass is 10.1. The van der Waals surface area contributed by atoms with Gasteiger partial charge >= 0.3 is 5.97 Å². The van der Waals surface area contributed by atoms with E-state index >= 15 is 0 Å². The van der Waals surface area contributed by atoms with Gasteiger partial charge in [0, 0.05) is 20.2 Å². The van der Waals surface area contributed by atoms with Crippen molar-refractivity contribution in [2.75, 3.05) is 45.7 Å². The molecule has 0 spiro atoms. The highest BCUT2D eigenvalue weighted by Crippen LogP contribution is 2.29. The van der Waals surface area contributed by atoms with E-state index in [0.717, 1.165) is 6.42 Å². The molecule has 12 heteroatoms. The van der Waals surface area contributed by atoms with Crippen LogP contribution in [0.2, 0.25) is 0 Å². The molecule has 1 saturated heterocycles. The number of anilines is 1. The van der Waals surface area contributed by atoms with Crippen LogP contribution in [-0.4, -0.2) is 85.1 Å². The molecule has 7 N–H and O–H groups in total. The Kier molecular flexibility index (Phi) is 9.22. The molecule has 1 fully saturated rings. The number of hydrogen-bond donors (Lipinski definition) is 5. The number of allylic oxidation sites excluding steroid dienone is 2. The average molecular weight is 450 g/mol. The summed E-state index contributed by atoms with van der Waals surface area (Å²) >= 11 is 0. The zero-order valence-corrected chi connectivity index (χ0v) is 18.4. The Morgan fingerprint density at radius 2 is 2.22 bits per heavy atom. The quantitative estimate of drug-likeness (QED) is 0.169. The summed E-state index contributed by atoms with van der Waals surface area (Å²) < 4.78 is 10.5. The van der Waals surface area contributed by atoms with Gasteiger partial charge in [0.05, 0.1) is 18.9 Å². The maximum atomic E-state index is 12.8. The molecule has 0 aromatic carbocycles. The van der Waals surface area contributed by atoms with Gasteiger partial charge in [-0.2, -0.15) is 4.98 Å². The number of amides is 1. The van der Waals surface area contributed by atoms with Crippen molar-refractivity contribution >= 4 is 30.1 Å². The van der Waals surface area contributed by atoms with Gasteiger partial charge < -0.3 is 41.2 Å². The molecule has 1 aliphatic heterocycles. The number of carboxylic acid groups (broad SMARTS) is 1. The Bertz CT molecular complexity index is 893. The van der Waals surface area contributed by atoms with Gasteiger partial charge in [-0.15, -0.1) is 0 Å². The van der Waals surface area contributed by atoms with Crippen molar-refractivity contribution in [2.45, 2.75) is 25.4 Å². The van der Waals surface area contributed by atoms with Crippen LogP contribution in [0.4, 0.5) is 5.82 Å². The van der Waals surface area contributed by atoms with Crippen LogP contribution in [0, 0.1) is 0 Å². The molecule has 1 aromatic heterocycles. The van der Waals surface area contributed by atoms with Crippen LogP contribution in [0.3, 0.4) is 0 Å². The van der Waals surface area contributed by atoms with Gasteiger partial charge in [-0.05, 0) is 44.2 Å². The number of nitrogens with zero attached hydrogens (tertiary/aromatic N) is 3. The van der Waals surface area contributed by atoms with E-state index in [0.29, 0.717) is 43.7 Å². The number of aliphatic imine (C=N–C) groups is 1. The summed E-state index contributed by atoms with van der Waals surface area (Å²) in [5.41, 5.74) is 12.8. The number of carboxylic acids is 1. The fourth-order valence-electron chi connectivity index (χ4n) is 3.32. The Morgan fingerprint density at radius 3 is 2.78 bits per heavy atom. The highest BCUT2D eigenvalue weighted by molar-refractivity contribution is 5.93. The van der Waals surface area contributed by atoms with Crippen molar-refractivity contribution < 1.29 is 24.2 Å². The summed E-state index contributed by atoms with van der Waals surface area (Å²) in [7, 11) is 3.02. The van der Waals surface area contributed by atoms with Crippen LogP contribution in [0.15, 0.2) is 22.3 Å². The van der Waals surface area contributed by atoms with E-state index in [1.807, 2.05) is 0 Å². The smallest absolute Gasteiger partial charge is 0.322 e. The fraction of sp³-hybridized carbons (Fsp3) is 0.500. The number of aliphatic carboxylic acids is 1. The molecule has 1 aromatic rings. The number of methoxy groups -OCH3 is 2. The van der Waals surface area contributed by atoms with Crippen LogP contribution in [-0.2, 0) is 14.3 Å². The van der Waals surface area contributed by atoms with Gasteiger partial charge in [-0.25, -0.2) is 0 Å². The zero-order chi connectivity index (χ0) is 23.7. The Balaban J connectivity index is 2.40. The fourth-order valence-corrected chi connectivity index (χ4v) is 3.32. The van der Waals surface area contributed by atoms with E-state index in [1.54, 1.807) is 18.1 Å². The van der Waals surface area contributed by atoms with Gasteiger partial charge in [0.2, 0.25) is 0 Å². The summed E-state index contributed by atoms with van der Waals surface area (Å²) in [5, 5.41) is 11.6. The first kappa shape index (κ1) is 24.9. The Labute approximate surface area is 186 Å². The van der Waals surface area contributed by atoms with E-state index in [2.05, 4.69) is 27.0 Å². The number of aromatic amines is 1. The van der Waals surface area contributed by atoms with Gasteiger partial charge in [-0.3, -0.25) is 14.6 Å². The average Bonchev–Trinajstić information content (AvgIpc) is 3.42. The van der Waals surface area contributed by atoms with Gasteiger partial charge in [0.1, 0.15) is 12.2 Å². The minimum absolute atomic E-state index is 0.00304. The number of nitrogens with two attached hydrogens (primary N) is 2. The lowest BCUT2D eigenvalue weighted by molar-refractivity contribution is -0.135. The monoisotopic (exact) mass is 449 g/mol. The highest BCUT2D eigenvalue weighted by Gasteiger charge is 2.27. The summed E-state index contributed by atoms with van der Waals surface area (Å²) in [6.07, 6.45) is 3.39. The number of H-pyrrole nitrogens is 1. The standard InChI is InChI=1S/C20H31N7O5/c1-23-16(17-25-18(19(26-17)32-3)24-10-15(28)29)12(5-4-7-21)9-14(22)20(30)27-8-6-13(11-27)31-2/h9,13,24H,1,4-8,10-11,21-22H2,2-3H3,(H,25,26)(H,28,29)/b14-9-,16-12-. The number of ether oxygens (including phenoxy) is 2. The minimum Gasteiger partial charge on any atom is -0.480 e. The maximum Gasteiger partial charge on any atom is 0.322 e. The topological polar surface area (TPSA) is 181 Å². The number of imidazole rings is 1. The normalized spacial score (nSPS) is 17.2. The molecular formula is C20H31N7O5. The first-order valence-electron chi connectivity index (χ1n) is 10.1. The maximum absolute atomic E-state index is 12.8. The first-order valence-corrected chi connectivity index (χ1v) is 10.1. The molecule has 176 valence electrons. The van der Waals surface area contributed by atoms with Crippen molar-refractivity contribution in [3.05, 3.63) is 23.2 Å². The van der Waals surface area contributed by atoms with Crippen LogP contribution >= 0.6 is 0 Å². The van der Waals surface area contributed by atoms with Crippen molar-refractivity contribution in [2.24, 2.45) is 16.5 Å². The zero-order valence-electron chi connectivity index (χ0n) is 18.4. The third kappa shape index (κ3) is 6.31. The molecule has 0 radical (unpaired) electrons. The van der Waals surface area contributed by atoms with Crippen LogP contribution in [0.5, 0.6) is 5.88 Å². The van der Waals surface area contributed by atoms with Crippen LogP contribution in [0.25, 0.3) is 5.70 Å². The van der Waals surface area contributed by atoms with Crippen LogP contribution < -0.4 is 21.5 Å². The number of rotatable bonds is 12. The molecule has 32 heavy (non-hydrogen) atoms. The van der Waals surface area contributed by atoms with Crippen molar-refractivity contribution in [3.8, 4) is 5.88 Å². The van der Waals surface area contributed by atoms with Crippen molar-refractivity contribution in [1.29, 1.82) is 0 Å². The molecule has 1 aliphatic rings. The lowest BCUT2D eigenvalue weighted by Gasteiger charge is -2.17. The first-order chi connectivity index (χ1) is 15.3. The Morgan fingerprint density at radius 1 is 1.47 bits per heavy atom. The largest absolute Gasteiger partial charge is 0.480 e. The van der Waals surface area contributed by atoms with Gasteiger partial charge in [-0.1, -0.05) is 0 Å². The second-order valence-electron chi connectivity index (χ2n) is 7.14. The van der Waals surface area contributed by atoms with E-state index in [9.17, 15) is 9.59 Å². The Hall–Kier alpha value is -3.38. The summed E-state index contributed by atoms with van der Waals surface area (Å²) in [6.45, 7) is 4.75. The number of nitrogens with one attached hydrogen (secondary N) is 2. The number of carbonyl (C=O) groups is 2. The van der Waals surface area contributed by atoms with Crippen molar-refractivity contribution in [3.63, 3.8) is 0 Å². The molecule has 0 bridgehead atoms. The number of carbonyl (C=O) groups excluding carboxylic acids is 1. The van der Waals surface area contributed by atoms with Crippen LogP contribution in [0.1, 0.15) is 25.1 Å². The second kappa shape index (κ2) is 11.9. The van der Waals surface area contributed by atoms with E-state index < -0.39 is 5.97 Å². The second-order valence-corrected chi connectivity index (χ2v) is 7.14. The van der Waals surface area contributed by atoms with E-state index in [1.165, 1.54) is 7.11 Å². The predicted octanol–water partition coefficient (Wildman–Crippen LogP) is 0.155. The predicted molar refractivity (Wildman–Crippen MR) is 120 cm³/mol. The summed E-state index contributed by atoms with van der Waals surface area (Å²) in [5.74, 6) is -0.611. The molecule has 12 nitrogen and oxygen atoms in total. The van der Waals surface area contributed by atoms with E-state index in [-0.39, 0.29) is 41.8 Å². The highest BCUT2D eigenvalue weighted by atomic mass is 16.5. The molecule has 0 aliphatic carbocycles. The van der Waals surface area contributed by atoms with Crippen molar-refractivity contribution in [1.82, 2.24) is 14.9 Å². The molecule has 1 unspecified atom stereocenters. The molecule has 1 amide bonds. The third-order valence-electron chi connectivity index (χ3n) is 4.96. The molecule has 0 saturated carbocycles. The SMILES string of the molecule is C=N/C(=C(\C=C(/N)C(=O)N1CCC(OC)C1)CCCN)c1nc(OC)c(NCC(=O)O)[nH]1. The van der Waals surface area contributed by atoms with Gasteiger partial charge in [0.25, 0.3) is 11.8 Å². The number of hydrogen-bond acceptors (Lipinski definition) is 9. The van der Waals surface area contributed by atoms with E-state index in [4.69, 9.17) is 26.0 Å². The summed E-state index contributed by atoms with van der Waals surface area (Å²) in [6, 6.07) is 0. The summed E-state index contributed by atoms with van der Waals surface area (Å²) in [4.78, 5) is 36.7. The lowest BCUT2D eigenvalue weighted by Crippen LogP contribution is -2.33. The molecule has 2 heterocycles. The number of aromatic nitrogens is 2. The minimum atomic E-state index is -1.05. The van der Waals surface area contributed by atoms with Gasteiger partial charge in [0.15, 0.2) is 11.6 Å².